The molecule has 0 radical (unpaired) electrons. The zero-order chi connectivity index (χ0) is 16.4. The Bertz CT molecular complexity index is 873. The number of benzene rings is 1. The van der Waals surface area contributed by atoms with Crippen LogP contribution in [0.2, 0.25) is 0 Å². The molecule has 2 aromatic heterocycles. The quantitative estimate of drug-likeness (QED) is 0.677. The van der Waals surface area contributed by atoms with Gasteiger partial charge in [-0.05, 0) is 25.5 Å². The van der Waals surface area contributed by atoms with Crippen molar-refractivity contribution >= 4 is 34.0 Å². The zero-order valence-corrected chi connectivity index (χ0v) is 12.8. The van der Waals surface area contributed by atoms with Gasteiger partial charge in [0.15, 0.2) is 5.65 Å². The van der Waals surface area contributed by atoms with E-state index in [1.54, 1.807) is 10.6 Å². The Morgan fingerprint density at radius 3 is 2.65 bits per heavy atom. The first-order valence-electron chi connectivity index (χ1n) is 7.49. The van der Waals surface area contributed by atoms with Gasteiger partial charge in [-0.1, -0.05) is 12.1 Å². The van der Waals surface area contributed by atoms with Gasteiger partial charge < -0.3 is 20.1 Å². The number of ether oxygens (including phenoxy) is 1. The van der Waals surface area contributed by atoms with Gasteiger partial charge in [0.25, 0.3) is 0 Å². The van der Waals surface area contributed by atoms with Crippen molar-refractivity contribution in [2.24, 2.45) is 0 Å². The minimum absolute atomic E-state index is 0.00895. The van der Waals surface area contributed by atoms with Gasteiger partial charge in [-0.3, -0.25) is 0 Å². The molecule has 0 aliphatic carbocycles. The first-order chi connectivity index (χ1) is 11.1. The summed E-state index contributed by atoms with van der Waals surface area (Å²) in [5.74, 6) is -0.917. The van der Waals surface area contributed by atoms with Crippen molar-refractivity contribution in [2.75, 3.05) is 18.9 Å². The predicted octanol–water partition coefficient (Wildman–Crippen LogP) is 2.29. The van der Waals surface area contributed by atoms with Crippen LogP contribution in [0.5, 0.6) is 0 Å². The molecule has 3 aromatic rings. The summed E-state index contributed by atoms with van der Waals surface area (Å²) in [6.45, 7) is 3.69. The second kappa shape index (κ2) is 6.21. The first kappa shape index (κ1) is 15.2. The van der Waals surface area contributed by atoms with Crippen LogP contribution in [0.25, 0.3) is 22.2 Å². The average Bonchev–Trinajstić information content (AvgIpc) is 2.80. The summed E-state index contributed by atoms with van der Waals surface area (Å²) in [6.07, 6.45) is 0.718. The number of rotatable bonds is 6. The summed E-state index contributed by atoms with van der Waals surface area (Å²) >= 11 is 0. The van der Waals surface area contributed by atoms with Gasteiger partial charge in [0.05, 0.1) is 11.0 Å². The second-order valence-corrected chi connectivity index (χ2v) is 5.15. The number of aromatic nitrogens is 3. The normalized spacial score (nSPS) is 11.3. The van der Waals surface area contributed by atoms with Crippen LogP contribution in [0.4, 0.5) is 5.82 Å². The molecule has 0 saturated heterocycles. The molecule has 0 unspecified atom stereocenters. The lowest BCUT2D eigenvalue weighted by molar-refractivity contribution is 0.0700. The van der Waals surface area contributed by atoms with Gasteiger partial charge in [-0.15, -0.1) is 0 Å². The van der Waals surface area contributed by atoms with Crippen LogP contribution in [0.15, 0.2) is 24.3 Å². The molecule has 0 bridgehead atoms. The number of fused-ring (bicyclic) bond motifs is 2. The number of hydrogen-bond donors (Lipinski definition) is 2. The van der Waals surface area contributed by atoms with E-state index in [9.17, 15) is 9.90 Å². The van der Waals surface area contributed by atoms with Crippen molar-refractivity contribution in [1.82, 2.24) is 14.5 Å². The third kappa shape index (κ3) is 2.70. The number of nitrogens with zero attached hydrogens (tertiary/aromatic N) is 3. The van der Waals surface area contributed by atoms with Crippen LogP contribution in [0.3, 0.4) is 0 Å². The smallest absolute Gasteiger partial charge is 0.341 e. The Labute approximate surface area is 132 Å². The minimum atomic E-state index is -1.10. The van der Waals surface area contributed by atoms with E-state index in [2.05, 4.69) is 9.97 Å². The number of anilines is 1. The molecule has 1 aromatic carbocycles. The average molecular weight is 314 g/mol. The Hall–Kier alpha value is -2.67. The number of para-hydroxylation sites is 2. The molecular formula is C16H18N4O3. The molecule has 0 aliphatic rings. The van der Waals surface area contributed by atoms with Crippen LogP contribution in [-0.4, -0.2) is 38.8 Å². The van der Waals surface area contributed by atoms with Crippen molar-refractivity contribution in [2.45, 2.75) is 19.9 Å². The summed E-state index contributed by atoms with van der Waals surface area (Å²) in [6, 6.07) is 7.35. The third-order valence-corrected chi connectivity index (χ3v) is 3.68. The number of aromatic carboxylic acids is 1. The van der Waals surface area contributed by atoms with E-state index in [0.29, 0.717) is 42.0 Å². The molecule has 120 valence electrons. The van der Waals surface area contributed by atoms with Gasteiger partial charge in [-0.2, -0.15) is 0 Å². The van der Waals surface area contributed by atoms with Gasteiger partial charge in [-0.25, -0.2) is 14.8 Å². The first-order valence-corrected chi connectivity index (χ1v) is 7.49. The summed E-state index contributed by atoms with van der Waals surface area (Å²) < 4.78 is 7.03. The minimum Gasteiger partial charge on any atom is -0.477 e. The second-order valence-electron chi connectivity index (χ2n) is 5.15. The molecule has 2 heterocycles. The maximum atomic E-state index is 11.6. The maximum absolute atomic E-state index is 11.6. The van der Waals surface area contributed by atoms with Crippen LogP contribution in [0, 0.1) is 0 Å². The Balaban J connectivity index is 2.15. The summed E-state index contributed by atoms with van der Waals surface area (Å²) in [5.41, 5.74) is 8.24. The highest BCUT2D eigenvalue weighted by Gasteiger charge is 2.23. The highest BCUT2D eigenvalue weighted by molar-refractivity contribution is 6.07. The topological polar surface area (TPSA) is 103 Å². The number of carboxylic acids is 1. The van der Waals surface area contributed by atoms with E-state index in [-0.39, 0.29) is 11.4 Å². The molecule has 0 aliphatic heterocycles. The fraction of sp³-hybridized carbons (Fsp3) is 0.312. The Kier molecular flexibility index (Phi) is 4.12. The highest BCUT2D eigenvalue weighted by atomic mass is 16.5. The van der Waals surface area contributed by atoms with Crippen LogP contribution in [-0.2, 0) is 11.3 Å². The van der Waals surface area contributed by atoms with E-state index in [1.807, 2.05) is 25.1 Å². The lowest BCUT2D eigenvalue weighted by Gasteiger charge is -2.07. The molecule has 7 nitrogen and oxygen atoms in total. The monoisotopic (exact) mass is 314 g/mol. The van der Waals surface area contributed by atoms with Crippen molar-refractivity contribution in [1.29, 1.82) is 0 Å². The molecule has 0 saturated carbocycles. The Morgan fingerprint density at radius 1 is 1.30 bits per heavy atom. The van der Waals surface area contributed by atoms with E-state index >= 15 is 0 Å². The van der Waals surface area contributed by atoms with Gasteiger partial charge in [0.2, 0.25) is 0 Å². The van der Waals surface area contributed by atoms with Gasteiger partial charge in [0.1, 0.15) is 16.9 Å². The number of nitrogens with two attached hydrogens (primary N) is 1. The SMILES string of the molecule is CCOCCCn1c(N)c(C(=O)O)c2nc3ccccc3nc21. The number of aryl methyl sites for hydroxylation is 1. The maximum Gasteiger partial charge on any atom is 0.341 e. The molecule has 0 fully saturated rings. The summed E-state index contributed by atoms with van der Waals surface area (Å²) in [4.78, 5) is 20.6. The number of carbonyl (C=O) groups is 1. The molecule has 0 atom stereocenters. The molecule has 3 rings (SSSR count). The molecule has 0 spiro atoms. The lowest BCUT2D eigenvalue weighted by Crippen LogP contribution is -2.08. The van der Waals surface area contributed by atoms with Crippen molar-refractivity contribution in [3.8, 4) is 0 Å². The van der Waals surface area contributed by atoms with Crippen LogP contribution >= 0.6 is 0 Å². The van der Waals surface area contributed by atoms with Crippen molar-refractivity contribution < 1.29 is 14.6 Å². The van der Waals surface area contributed by atoms with Crippen molar-refractivity contribution in [3.63, 3.8) is 0 Å². The molecular weight excluding hydrogens is 296 g/mol. The molecule has 3 N–H and O–H groups in total. The lowest BCUT2D eigenvalue weighted by atomic mass is 10.2. The third-order valence-electron chi connectivity index (χ3n) is 3.68. The van der Waals surface area contributed by atoms with Crippen LogP contribution in [0.1, 0.15) is 23.7 Å². The molecule has 0 amide bonds. The van der Waals surface area contributed by atoms with E-state index in [0.717, 1.165) is 6.42 Å². The van der Waals surface area contributed by atoms with Gasteiger partial charge in [0, 0.05) is 19.8 Å². The van der Waals surface area contributed by atoms with Crippen LogP contribution < -0.4 is 5.73 Å². The fourth-order valence-corrected chi connectivity index (χ4v) is 2.62. The summed E-state index contributed by atoms with van der Waals surface area (Å²) in [7, 11) is 0. The van der Waals surface area contributed by atoms with E-state index < -0.39 is 5.97 Å². The number of hydrogen-bond acceptors (Lipinski definition) is 5. The number of carboxylic acid groups (broad SMARTS) is 1. The van der Waals surface area contributed by atoms with Crippen molar-refractivity contribution in [3.05, 3.63) is 29.8 Å². The standard InChI is InChI=1S/C16H18N4O3/c1-2-23-9-5-8-20-14(17)12(16(21)22)13-15(20)19-11-7-4-3-6-10(11)18-13/h3-4,6-7H,2,5,8-9,17H2,1H3,(H,21,22). The van der Waals surface area contributed by atoms with E-state index in [1.165, 1.54) is 0 Å². The highest BCUT2D eigenvalue weighted by Crippen LogP contribution is 2.27. The summed E-state index contributed by atoms with van der Waals surface area (Å²) in [5, 5.41) is 9.47. The molecule has 23 heavy (non-hydrogen) atoms. The van der Waals surface area contributed by atoms with E-state index in [4.69, 9.17) is 10.5 Å². The Morgan fingerprint density at radius 2 is 2.00 bits per heavy atom. The zero-order valence-electron chi connectivity index (χ0n) is 12.8. The van der Waals surface area contributed by atoms with Gasteiger partial charge >= 0.3 is 5.97 Å². The predicted molar refractivity (Wildman–Crippen MR) is 87.5 cm³/mol. The molecule has 7 heteroatoms. The fourth-order valence-electron chi connectivity index (χ4n) is 2.62. The number of nitrogen functional groups attached to an aromatic ring is 1. The largest absolute Gasteiger partial charge is 0.477 e.